The highest BCUT2D eigenvalue weighted by atomic mass is 16.5. The molecule has 0 aliphatic carbocycles. The van der Waals surface area contributed by atoms with Crippen LogP contribution in [0.5, 0.6) is 11.5 Å². The highest BCUT2D eigenvalue weighted by molar-refractivity contribution is 6.06. The van der Waals surface area contributed by atoms with Crippen LogP contribution in [0.25, 0.3) is 6.08 Å². The van der Waals surface area contributed by atoms with Crippen molar-refractivity contribution in [2.24, 2.45) is 5.41 Å². The number of nitrogens with zero attached hydrogens (tertiary/aromatic N) is 1. The van der Waals surface area contributed by atoms with Crippen LogP contribution in [-0.2, 0) is 4.79 Å². The number of hydrogen-bond donors (Lipinski definition) is 0. The van der Waals surface area contributed by atoms with E-state index in [9.17, 15) is 9.59 Å². The molecule has 5 heteroatoms. The third-order valence-electron chi connectivity index (χ3n) is 6.78. The first kappa shape index (κ1) is 29.7. The SMILES string of the molecule is COc1cccc(/C=C/C(=O)c2ccc(OCCCN3C(=O)/C=C/C(C)(C)C/C=C(\C)CC/C=C/3C)cc2)c1. The molecule has 0 saturated heterocycles. The summed E-state index contributed by atoms with van der Waals surface area (Å²) in [6.07, 6.45) is 15.0. The van der Waals surface area contributed by atoms with E-state index in [-0.39, 0.29) is 17.1 Å². The van der Waals surface area contributed by atoms with Crippen LogP contribution >= 0.6 is 0 Å². The number of carbonyl (C=O) groups excluding carboxylic acids is 2. The molecule has 0 atom stereocenters. The molecule has 0 spiro atoms. The molecule has 3 rings (SSSR count). The number of ether oxygens (including phenoxy) is 2. The van der Waals surface area contributed by atoms with E-state index in [1.807, 2.05) is 42.2 Å². The molecule has 1 aliphatic rings. The quantitative estimate of drug-likeness (QED) is 0.144. The van der Waals surface area contributed by atoms with Crippen molar-refractivity contribution in [1.29, 1.82) is 0 Å². The standard InChI is InChI=1S/C34H41NO4/c1-26-9-6-10-27(2)35(33(37)20-22-34(3,4)21-19-26)23-8-24-39-30-16-14-29(15-17-30)32(36)18-13-28-11-7-12-31(25-28)38-5/h7,10-20,22,25H,6,8-9,21,23-24H2,1-5H3/b18-13+,22-20+,26-19+,27-10+. The molecule has 0 saturated carbocycles. The maximum Gasteiger partial charge on any atom is 0.250 e. The van der Waals surface area contributed by atoms with Gasteiger partial charge in [-0.3, -0.25) is 9.59 Å². The van der Waals surface area contributed by atoms with Gasteiger partial charge in [-0.15, -0.1) is 0 Å². The normalized spacial score (nSPS) is 19.7. The van der Waals surface area contributed by atoms with Gasteiger partial charge in [0.15, 0.2) is 5.78 Å². The van der Waals surface area contributed by atoms with E-state index in [2.05, 4.69) is 32.9 Å². The molecule has 0 radical (unpaired) electrons. The van der Waals surface area contributed by atoms with Crippen LogP contribution in [0.4, 0.5) is 0 Å². The van der Waals surface area contributed by atoms with E-state index in [4.69, 9.17) is 9.47 Å². The van der Waals surface area contributed by atoms with Crippen LogP contribution < -0.4 is 9.47 Å². The summed E-state index contributed by atoms with van der Waals surface area (Å²) in [5.74, 6) is 1.36. The monoisotopic (exact) mass is 527 g/mol. The van der Waals surface area contributed by atoms with Crippen LogP contribution in [0.3, 0.4) is 0 Å². The van der Waals surface area contributed by atoms with E-state index in [0.717, 1.165) is 36.3 Å². The molecule has 1 heterocycles. The Morgan fingerprint density at radius 2 is 1.82 bits per heavy atom. The first-order valence-corrected chi connectivity index (χ1v) is 13.6. The second kappa shape index (κ2) is 14.3. The van der Waals surface area contributed by atoms with Gasteiger partial charge in [-0.2, -0.15) is 0 Å². The molecule has 1 aliphatic heterocycles. The minimum Gasteiger partial charge on any atom is -0.497 e. The van der Waals surface area contributed by atoms with Crippen molar-refractivity contribution in [3.8, 4) is 11.5 Å². The van der Waals surface area contributed by atoms with E-state index in [1.54, 1.807) is 49.6 Å². The van der Waals surface area contributed by atoms with Gasteiger partial charge >= 0.3 is 0 Å². The van der Waals surface area contributed by atoms with Crippen molar-refractivity contribution >= 4 is 17.8 Å². The van der Waals surface area contributed by atoms with Crippen LogP contribution in [0.2, 0.25) is 0 Å². The Balaban J connectivity index is 1.54. The van der Waals surface area contributed by atoms with Crippen molar-refractivity contribution in [3.63, 3.8) is 0 Å². The van der Waals surface area contributed by atoms with E-state index in [1.165, 1.54) is 5.57 Å². The van der Waals surface area contributed by atoms with Crippen molar-refractivity contribution in [2.45, 2.75) is 53.4 Å². The first-order valence-electron chi connectivity index (χ1n) is 13.6. The third-order valence-corrected chi connectivity index (χ3v) is 6.78. The summed E-state index contributed by atoms with van der Waals surface area (Å²) < 4.78 is 11.1. The summed E-state index contributed by atoms with van der Waals surface area (Å²) in [5, 5.41) is 0. The topological polar surface area (TPSA) is 55.8 Å². The van der Waals surface area contributed by atoms with E-state index in [0.29, 0.717) is 30.9 Å². The maximum atomic E-state index is 13.0. The smallest absolute Gasteiger partial charge is 0.250 e. The third kappa shape index (κ3) is 9.75. The fourth-order valence-corrected chi connectivity index (χ4v) is 4.21. The molecule has 1 amide bonds. The van der Waals surface area contributed by atoms with Gasteiger partial charge in [0.1, 0.15) is 11.5 Å². The minimum atomic E-state index is -0.0811. The molecule has 2 aromatic rings. The van der Waals surface area contributed by atoms with Gasteiger partial charge in [0.25, 0.3) is 0 Å². The predicted molar refractivity (Wildman–Crippen MR) is 159 cm³/mol. The Hall–Kier alpha value is -3.86. The molecule has 0 fully saturated rings. The summed E-state index contributed by atoms with van der Waals surface area (Å²) in [6.45, 7) is 9.53. The lowest BCUT2D eigenvalue weighted by atomic mass is 9.87. The zero-order valence-corrected chi connectivity index (χ0v) is 23.9. The summed E-state index contributed by atoms with van der Waals surface area (Å²) >= 11 is 0. The number of carbonyl (C=O) groups is 2. The summed E-state index contributed by atoms with van der Waals surface area (Å²) in [5.41, 5.74) is 3.77. The van der Waals surface area contributed by atoms with Gasteiger partial charge in [0.05, 0.1) is 13.7 Å². The van der Waals surface area contributed by atoms with Crippen molar-refractivity contribution in [3.05, 3.63) is 101 Å². The average Bonchev–Trinajstić information content (AvgIpc) is 2.93. The largest absolute Gasteiger partial charge is 0.497 e. The van der Waals surface area contributed by atoms with E-state index < -0.39 is 0 Å². The van der Waals surface area contributed by atoms with Crippen molar-refractivity contribution in [1.82, 2.24) is 4.90 Å². The number of rotatable bonds is 9. The highest BCUT2D eigenvalue weighted by Crippen LogP contribution is 2.25. The number of hydrogen-bond acceptors (Lipinski definition) is 4. The van der Waals surface area contributed by atoms with E-state index >= 15 is 0 Å². The van der Waals surface area contributed by atoms with Crippen molar-refractivity contribution in [2.75, 3.05) is 20.3 Å². The Kier molecular flexibility index (Phi) is 10.9. The Morgan fingerprint density at radius 3 is 2.56 bits per heavy atom. The lowest BCUT2D eigenvalue weighted by Crippen LogP contribution is -2.30. The molecule has 0 bridgehead atoms. The Bertz CT molecular complexity index is 1250. The fraction of sp³-hybridized carbons (Fsp3) is 0.353. The molecule has 5 nitrogen and oxygen atoms in total. The Labute approximate surface area is 233 Å². The van der Waals surface area contributed by atoms with Gasteiger partial charge in [-0.05, 0) is 93.0 Å². The molecule has 206 valence electrons. The molecule has 0 unspecified atom stereocenters. The number of benzene rings is 2. The first-order chi connectivity index (χ1) is 18.7. The molecule has 2 aromatic carbocycles. The lowest BCUT2D eigenvalue weighted by Gasteiger charge is -2.24. The molecule has 0 N–H and O–H groups in total. The predicted octanol–water partition coefficient (Wildman–Crippen LogP) is 7.81. The summed E-state index contributed by atoms with van der Waals surface area (Å²) in [7, 11) is 1.62. The zero-order valence-electron chi connectivity index (χ0n) is 23.9. The summed E-state index contributed by atoms with van der Waals surface area (Å²) in [6, 6.07) is 14.7. The van der Waals surface area contributed by atoms with Crippen LogP contribution in [0.1, 0.15) is 69.3 Å². The van der Waals surface area contributed by atoms with Gasteiger partial charge < -0.3 is 14.4 Å². The van der Waals surface area contributed by atoms with Crippen LogP contribution in [0.15, 0.2) is 90.2 Å². The summed E-state index contributed by atoms with van der Waals surface area (Å²) in [4.78, 5) is 27.4. The highest BCUT2D eigenvalue weighted by Gasteiger charge is 2.17. The number of methoxy groups -OCH3 is 1. The molecule has 0 aromatic heterocycles. The average molecular weight is 528 g/mol. The molecule has 39 heavy (non-hydrogen) atoms. The van der Waals surface area contributed by atoms with Gasteiger partial charge in [0.2, 0.25) is 5.91 Å². The molecular formula is C34H41NO4. The number of amides is 1. The maximum absolute atomic E-state index is 13.0. The van der Waals surface area contributed by atoms with Gasteiger partial charge in [-0.1, -0.05) is 55.9 Å². The molecular weight excluding hydrogens is 486 g/mol. The van der Waals surface area contributed by atoms with Gasteiger partial charge in [0, 0.05) is 23.9 Å². The number of allylic oxidation sites excluding steroid dienone is 6. The van der Waals surface area contributed by atoms with Crippen LogP contribution in [0, 0.1) is 5.41 Å². The number of ketones is 1. The lowest BCUT2D eigenvalue weighted by molar-refractivity contribution is -0.124. The second-order valence-corrected chi connectivity index (χ2v) is 10.7. The van der Waals surface area contributed by atoms with Crippen LogP contribution in [-0.4, -0.2) is 36.9 Å². The van der Waals surface area contributed by atoms with Gasteiger partial charge in [-0.25, -0.2) is 0 Å². The second-order valence-electron chi connectivity index (χ2n) is 10.7. The fourth-order valence-electron chi connectivity index (χ4n) is 4.21. The Morgan fingerprint density at radius 1 is 1.05 bits per heavy atom. The minimum absolute atomic E-state index is 0.00275. The zero-order chi connectivity index (χ0) is 28.3. The van der Waals surface area contributed by atoms with Crippen molar-refractivity contribution < 1.29 is 19.1 Å².